The minimum absolute atomic E-state index is 0.0636. The van der Waals surface area contributed by atoms with Gasteiger partial charge in [-0.2, -0.15) is 0 Å². The summed E-state index contributed by atoms with van der Waals surface area (Å²) < 4.78 is 12.6. The number of aliphatic hydroxyl groups excluding tert-OH is 1. The van der Waals surface area contributed by atoms with Crippen molar-refractivity contribution in [1.29, 1.82) is 0 Å². The van der Waals surface area contributed by atoms with Crippen LogP contribution in [-0.2, 0) is 9.47 Å². The van der Waals surface area contributed by atoms with Gasteiger partial charge in [0.1, 0.15) is 5.60 Å². The average Bonchev–Trinajstić information content (AvgIpc) is 2.99. The molecule has 0 aromatic carbocycles. The predicted octanol–water partition coefficient (Wildman–Crippen LogP) is 4.57. The molecule has 3 nitrogen and oxygen atoms in total. The largest absolute Gasteiger partial charge is 0.396 e. The molecule has 0 amide bonds. The predicted molar refractivity (Wildman–Crippen MR) is 102 cm³/mol. The zero-order chi connectivity index (χ0) is 18.0. The minimum atomic E-state index is -0.236. The first kappa shape index (κ1) is 17.9. The van der Waals surface area contributed by atoms with Crippen LogP contribution in [-0.4, -0.2) is 36.6 Å². The summed E-state index contributed by atoms with van der Waals surface area (Å²) in [5, 5.41) is 10.7. The second-order valence-electron chi connectivity index (χ2n) is 10.5. The van der Waals surface area contributed by atoms with Gasteiger partial charge in [-0.3, -0.25) is 0 Å². The van der Waals surface area contributed by atoms with Gasteiger partial charge in [0.25, 0.3) is 0 Å². The zero-order valence-electron chi connectivity index (χ0n) is 16.8. The first-order valence-corrected chi connectivity index (χ1v) is 11.4. The molecule has 5 aliphatic rings. The molecule has 1 aliphatic heterocycles. The Labute approximate surface area is 159 Å². The van der Waals surface area contributed by atoms with Gasteiger partial charge in [0.05, 0.1) is 25.9 Å². The molecule has 26 heavy (non-hydrogen) atoms. The van der Waals surface area contributed by atoms with Crippen molar-refractivity contribution < 1.29 is 14.6 Å². The lowest BCUT2D eigenvalue weighted by Gasteiger charge is -2.63. The molecule has 5 rings (SSSR count). The molecule has 0 aromatic heterocycles. The van der Waals surface area contributed by atoms with Crippen LogP contribution in [0.25, 0.3) is 0 Å². The van der Waals surface area contributed by atoms with Crippen LogP contribution in [0.15, 0.2) is 0 Å². The third-order valence-corrected chi connectivity index (χ3v) is 10.2. The standard InChI is InChI=1S/C23H38O3/c1-16-23(26-14-13-25-16)12-9-20-18-7-6-17-5-3-4-10-21(17,2)19(18)8-11-22(20,23)15-24/h16-20,24H,3-15H2,1-2H3/t16?,17-,18-,19+,20+,21+,22-,23+/m1/s1. The van der Waals surface area contributed by atoms with Crippen molar-refractivity contribution in [2.24, 2.45) is 34.5 Å². The number of hydrogen-bond donors (Lipinski definition) is 1. The van der Waals surface area contributed by atoms with E-state index in [2.05, 4.69) is 13.8 Å². The molecule has 1 unspecified atom stereocenters. The quantitative estimate of drug-likeness (QED) is 0.743. The molecule has 0 radical (unpaired) electrons. The molecular weight excluding hydrogens is 324 g/mol. The summed E-state index contributed by atoms with van der Waals surface area (Å²) in [6, 6.07) is 0. The molecule has 0 aromatic rings. The molecule has 0 bridgehead atoms. The highest BCUT2D eigenvalue weighted by molar-refractivity contribution is 5.18. The summed E-state index contributed by atoms with van der Waals surface area (Å²) in [7, 11) is 0. The molecule has 1 saturated heterocycles. The van der Waals surface area contributed by atoms with Gasteiger partial charge < -0.3 is 14.6 Å². The Morgan fingerprint density at radius 2 is 1.77 bits per heavy atom. The van der Waals surface area contributed by atoms with Gasteiger partial charge in [-0.1, -0.05) is 19.8 Å². The lowest BCUT2D eigenvalue weighted by molar-refractivity contribution is -0.268. The van der Waals surface area contributed by atoms with E-state index < -0.39 is 0 Å². The fourth-order valence-corrected chi connectivity index (χ4v) is 9.00. The highest BCUT2D eigenvalue weighted by Crippen LogP contribution is 2.69. The molecule has 8 atom stereocenters. The van der Waals surface area contributed by atoms with Crippen LogP contribution < -0.4 is 0 Å². The molecule has 148 valence electrons. The van der Waals surface area contributed by atoms with E-state index in [1.807, 2.05) is 0 Å². The van der Waals surface area contributed by atoms with Crippen molar-refractivity contribution in [2.75, 3.05) is 19.8 Å². The Morgan fingerprint density at radius 1 is 0.923 bits per heavy atom. The highest BCUT2D eigenvalue weighted by atomic mass is 16.6. The zero-order valence-corrected chi connectivity index (χ0v) is 16.8. The monoisotopic (exact) mass is 362 g/mol. The molecule has 1 heterocycles. The van der Waals surface area contributed by atoms with E-state index in [1.165, 1.54) is 51.4 Å². The van der Waals surface area contributed by atoms with E-state index in [0.717, 1.165) is 30.6 Å². The number of rotatable bonds is 1. The number of aliphatic hydroxyl groups is 1. The molecule has 4 saturated carbocycles. The number of fused-ring (bicyclic) bond motifs is 6. The Morgan fingerprint density at radius 3 is 2.58 bits per heavy atom. The van der Waals surface area contributed by atoms with E-state index in [9.17, 15) is 5.11 Å². The van der Waals surface area contributed by atoms with Crippen LogP contribution in [0.1, 0.15) is 78.1 Å². The maximum atomic E-state index is 10.7. The average molecular weight is 363 g/mol. The van der Waals surface area contributed by atoms with Crippen LogP contribution in [0.5, 0.6) is 0 Å². The SMILES string of the molecule is CC1OCCO[C@@]12CC[C@H]1[C@@H]3CC[C@H]4CCCC[C@]4(C)[C@H]3CC[C@@]12CO. The normalized spacial score (nSPS) is 56.7. The van der Waals surface area contributed by atoms with Gasteiger partial charge in [0.2, 0.25) is 0 Å². The van der Waals surface area contributed by atoms with E-state index in [1.54, 1.807) is 0 Å². The van der Waals surface area contributed by atoms with Crippen molar-refractivity contribution >= 4 is 0 Å². The van der Waals surface area contributed by atoms with Crippen LogP contribution >= 0.6 is 0 Å². The number of hydrogen-bond acceptors (Lipinski definition) is 3. The lowest BCUT2D eigenvalue weighted by Crippen LogP contribution is -2.64. The van der Waals surface area contributed by atoms with E-state index in [4.69, 9.17) is 9.47 Å². The van der Waals surface area contributed by atoms with Gasteiger partial charge in [0, 0.05) is 5.41 Å². The molecule has 1 N–H and O–H groups in total. The molecule has 3 heteroatoms. The van der Waals surface area contributed by atoms with Gasteiger partial charge in [-0.15, -0.1) is 0 Å². The summed E-state index contributed by atoms with van der Waals surface area (Å²) >= 11 is 0. The van der Waals surface area contributed by atoms with Crippen molar-refractivity contribution in [2.45, 2.75) is 89.8 Å². The summed E-state index contributed by atoms with van der Waals surface area (Å²) in [6.07, 6.45) is 13.5. The van der Waals surface area contributed by atoms with Crippen LogP contribution in [0.2, 0.25) is 0 Å². The minimum Gasteiger partial charge on any atom is -0.396 e. The third kappa shape index (κ3) is 2.12. The van der Waals surface area contributed by atoms with E-state index in [0.29, 0.717) is 24.5 Å². The van der Waals surface area contributed by atoms with Gasteiger partial charge in [0.15, 0.2) is 0 Å². The molecular formula is C23H38O3. The van der Waals surface area contributed by atoms with Gasteiger partial charge in [-0.25, -0.2) is 0 Å². The topological polar surface area (TPSA) is 38.7 Å². The maximum absolute atomic E-state index is 10.7. The molecule has 5 fully saturated rings. The summed E-state index contributed by atoms with van der Waals surface area (Å²) in [5.41, 5.74) is 0.264. The van der Waals surface area contributed by atoms with Crippen molar-refractivity contribution in [3.05, 3.63) is 0 Å². The second-order valence-corrected chi connectivity index (χ2v) is 10.5. The van der Waals surface area contributed by atoms with Crippen molar-refractivity contribution in [3.8, 4) is 0 Å². The smallest absolute Gasteiger partial charge is 0.102 e. The fraction of sp³-hybridized carbons (Fsp3) is 1.00. The molecule has 1 spiro atoms. The summed E-state index contributed by atoms with van der Waals surface area (Å²) in [6.45, 7) is 6.53. The molecule has 4 aliphatic carbocycles. The highest BCUT2D eigenvalue weighted by Gasteiger charge is 2.69. The fourth-order valence-electron chi connectivity index (χ4n) is 9.00. The van der Waals surface area contributed by atoms with Crippen LogP contribution in [0, 0.1) is 34.5 Å². The second kappa shape index (κ2) is 6.19. The Hall–Kier alpha value is -0.120. The van der Waals surface area contributed by atoms with E-state index >= 15 is 0 Å². The Bertz CT molecular complexity index is 550. The third-order valence-electron chi connectivity index (χ3n) is 10.2. The van der Waals surface area contributed by atoms with E-state index in [-0.39, 0.29) is 23.7 Å². The first-order chi connectivity index (χ1) is 12.6. The van der Waals surface area contributed by atoms with Gasteiger partial charge >= 0.3 is 0 Å². The maximum Gasteiger partial charge on any atom is 0.102 e. The Balaban J connectivity index is 1.50. The number of ether oxygens (including phenoxy) is 2. The summed E-state index contributed by atoms with van der Waals surface area (Å²) in [5.74, 6) is 3.27. The van der Waals surface area contributed by atoms with Crippen molar-refractivity contribution in [3.63, 3.8) is 0 Å². The first-order valence-electron chi connectivity index (χ1n) is 11.4. The Kier molecular flexibility index (Phi) is 4.27. The summed E-state index contributed by atoms with van der Waals surface area (Å²) in [4.78, 5) is 0. The van der Waals surface area contributed by atoms with Crippen molar-refractivity contribution in [1.82, 2.24) is 0 Å². The van der Waals surface area contributed by atoms with Gasteiger partial charge in [-0.05, 0) is 87.4 Å². The lowest BCUT2D eigenvalue weighted by atomic mass is 9.44. The van der Waals surface area contributed by atoms with Crippen LogP contribution in [0.3, 0.4) is 0 Å². The van der Waals surface area contributed by atoms with Crippen LogP contribution in [0.4, 0.5) is 0 Å².